The Bertz CT molecular complexity index is 635. The van der Waals surface area contributed by atoms with Gasteiger partial charge < -0.3 is 20.1 Å². The van der Waals surface area contributed by atoms with Crippen LogP contribution < -0.4 is 15.5 Å². The fourth-order valence-electron chi connectivity index (χ4n) is 2.50. The molecule has 0 spiro atoms. The Morgan fingerprint density at radius 1 is 1.22 bits per heavy atom. The molecule has 124 valence electrons. The zero-order valence-corrected chi connectivity index (χ0v) is 13.5. The minimum Gasteiger partial charge on any atom is -0.354 e. The first kappa shape index (κ1) is 15.6. The molecule has 0 radical (unpaired) electrons. The van der Waals surface area contributed by atoms with Crippen LogP contribution in [0.1, 0.15) is 11.7 Å². The predicted molar refractivity (Wildman–Crippen MR) is 86.0 cm³/mol. The van der Waals surface area contributed by atoms with Crippen LogP contribution >= 0.6 is 0 Å². The molecule has 0 amide bonds. The van der Waals surface area contributed by atoms with Crippen LogP contribution in [0.2, 0.25) is 0 Å². The molecule has 9 nitrogen and oxygen atoms in total. The molecule has 2 N–H and O–H groups in total. The Hall–Kier alpha value is -2.26. The number of nitrogens with zero attached hydrogens (tertiary/aromatic N) is 7. The van der Waals surface area contributed by atoms with E-state index in [1.165, 1.54) is 0 Å². The van der Waals surface area contributed by atoms with Gasteiger partial charge in [0, 0.05) is 46.5 Å². The van der Waals surface area contributed by atoms with Crippen molar-refractivity contribution in [2.45, 2.75) is 13.1 Å². The lowest BCUT2D eigenvalue weighted by Crippen LogP contribution is -2.46. The number of piperazine rings is 1. The van der Waals surface area contributed by atoms with Crippen molar-refractivity contribution in [2.24, 2.45) is 5.73 Å². The zero-order valence-electron chi connectivity index (χ0n) is 13.5. The van der Waals surface area contributed by atoms with Gasteiger partial charge in [-0.1, -0.05) is 5.16 Å². The van der Waals surface area contributed by atoms with Gasteiger partial charge in [0.05, 0.1) is 13.1 Å². The number of hydrogen-bond donors (Lipinski definition) is 1. The van der Waals surface area contributed by atoms with Gasteiger partial charge in [-0.2, -0.15) is 9.97 Å². The van der Waals surface area contributed by atoms with Crippen LogP contribution in [-0.4, -0.2) is 65.3 Å². The van der Waals surface area contributed by atoms with Crippen LogP contribution in [0.3, 0.4) is 0 Å². The molecule has 3 heterocycles. The quantitative estimate of drug-likeness (QED) is 0.796. The average molecular weight is 318 g/mol. The molecule has 0 aliphatic carbocycles. The van der Waals surface area contributed by atoms with Crippen LogP contribution in [0.25, 0.3) is 0 Å². The summed E-state index contributed by atoms with van der Waals surface area (Å²) in [6, 6.07) is 1.95. The number of hydrogen-bond acceptors (Lipinski definition) is 9. The van der Waals surface area contributed by atoms with Crippen LogP contribution in [0.5, 0.6) is 0 Å². The van der Waals surface area contributed by atoms with Gasteiger partial charge in [0.2, 0.25) is 11.8 Å². The van der Waals surface area contributed by atoms with Crippen LogP contribution in [0.4, 0.5) is 11.8 Å². The maximum atomic E-state index is 5.48. The van der Waals surface area contributed by atoms with E-state index in [1.54, 1.807) is 6.20 Å². The smallest absolute Gasteiger partial charge is 0.240 e. The van der Waals surface area contributed by atoms with E-state index >= 15 is 0 Å². The second kappa shape index (κ2) is 6.88. The molecule has 2 aromatic rings. The van der Waals surface area contributed by atoms with E-state index in [0.29, 0.717) is 18.3 Å². The van der Waals surface area contributed by atoms with Crippen molar-refractivity contribution in [2.75, 3.05) is 50.1 Å². The van der Waals surface area contributed by atoms with E-state index < -0.39 is 0 Å². The van der Waals surface area contributed by atoms with Gasteiger partial charge in [0.15, 0.2) is 5.82 Å². The largest absolute Gasteiger partial charge is 0.354 e. The van der Waals surface area contributed by atoms with E-state index in [9.17, 15) is 0 Å². The third kappa shape index (κ3) is 3.74. The van der Waals surface area contributed by atoms with E-state index in [2.05, 4.69) is 29.9 Å². The van der Waals surface area contributed by atoms with Crippen molar-refractivity contribution in [3.05, 3.63) is 24.0 Å². The Labute approximate surface area is 135 Å². The maximum Gasteiger partial charge on any atom is 0.240 e. The van der Waals surface area contributed by atoms with Crippen molar-refractivity contribution in [3.8, 4) is 0 Å². The molecule has 3 rings (SSSR count). The standard InChI is InChI=1S/C14H22N8O/c1-20(2)14-16-4-3-12(18-14)22-7-5-21(6-8-22)10-11-17-13(9-15)23-19-11/h3-4H,5-10,15H2,1-2H3. The highest BCUT2D eigenvalue weighted by atomic mass is 16.5. The van der Waals surface area contributed by atoms with Crippen molar-refractivity contribution in [1.82, 2.24) is 25.0 Å². The molecule has 2 aromatic heterocycles. The topological polar surface area (TPSA) is 100 Å². The van der Waals surface area contributed by atoms with Crippen molar-refractivity contribution < 1.29 is 4.52 Å². The summed E-state index contributed by atoms with van der Waals surface area (Å²) in [6.45, 7) is 4.63. The zero-order chi connectivity index (χ0) is 16.2. The molecule has 0 atom stereocenters. The molecule has 0 aromatic carbocycles. The highest BCUT2D eigenvalue weighted by Gasteiger charge is 2.20. The predicted octanol–water partition coefficient (Wildman–Crippen LogP) is -0.293. The van der Waals surface area contributed by atoms with Gasteiger partial charge in [-0.05, 0) is 6.07 Å². The van der Waals surface area contributed by atoms with Crippen LogP contribution in [0.15, 0.2) is 16.8 Å². The third-order valence-corrected chi connectivity index (χ3v) is 3.77. The molecule has 9 heteroatoms. The Balaban J connectivity index is 1.56. The summed E-state index contributed by atoms with van der Waals surface area (Å²) in [4.78, 5) is 19.6. The molecular weight excluding hydrogens is 296 g/mol. The normalized spacial score (nSPS) is 15.9. The molecule has 1 fully saturated rings. The van der Waals surface area contributed by atoms with Gasteiger partial charge in [-0.15, -0.1) is 0 Å². The van der Waals surface area contributed by atoms with Gasteiger partial charge in [0.25, 0.3) is 0 Å². The molecule has 0 bridgehead atoms. The summed E-state index contributed by atoms with van der Waals surface area (Å²) in [5.74, 6) is 2.87. The highest BCUT2D eigenvalue weighted by molar-refractivity contribution is 5.43. The summed E-state index contributed by atoms with van der Waals surface area (Å²) < 4.78 is 5.04. The van der Waals surface area contributed by atoms with E-state index in [-0.39, 0.29) is 6.54 Å². The fourth-order valence-corrected chi connectivity index (χ4v) is 2.50. The summed E-state index contributed by atoms with van der Waals surface area (Å²) in [5.41, 5.74) is 5.48. The van der Waals surface area contributed by atoms with Gasteiger partial charge in [-0.25, -0.2) is 4.98 Å². The first-order chi connectivity index (χ1) is 11.2. The third-order valence-electron chi connectivity index (χ3n) is 3.77. The molecular formula is C14H22N8O. The Morgan fingerprint density at radius 3 is 2.65 bits per heavy atom. The second-order valence-electron chi connectivity index (χ2n) is 5.68. The second-order valence-corrected chi connectivity index (χ2v) is 5.68. The molecule has 1 aliphatic heterocycles. The number of anilines is 2. The summed E-state index contributed by atoms with van der Waals surface area (Å²) in [6.07, 6.45) is 1.80. The lowest BCUT2D eigenvalue weighted by Gasteiger charge is -2.34. The number of rotatable bonds is 5. The summed E-state index contributed by atoms with van der Waals surface area (Å²) in [7, 11) is 3.88. The molecule has 23 heavy (non-hydrogen) atoms. The molecule has 1 saturated heterocycles. The lowest BCUT2D eigenvalue weighted by atomic mass is 10.3. The summed E-state index contributed by atoms with van der Waals surface area (Å²) >= 11 is 0. The number of aromatic nitrogens is 4. The lowest BCUT2D eigenvalue weighted by molar-refractivity contribution is 0.239. The Morgan fingerprint density at radius 2 is 2.00 bits per heavy atom. The van der Waals surface area contributed by atoms with E-state index in [1.807, 2.05) is 25.1 Å². The van der Waals surface area contributed by atoms with Crippen molar-refractivity contribution in [1.29, 1.82) is 0 Å². The number of nitrogens with two attached hydrogens (primary N) is 1. The molecule has 0 saturated carbocycles. The average Bonchev–Trinajstić information content (AvgIpc) is 3.03. The van der Waals surface area contributed by atoms with Crippen molar-refractivity contribution in [3.63, 3.8) is 0 Å². The minimum atomic E-state index is 0.280. The van der Waals surface area contributed by atoms with Gasteiger partial charge in [-0.3, -0.25) is 4.90 Å². The minimum absolute atomic E-state index is 0.280. The summed E-state index contributed by atoms with van der Waals surface area (Å²) in [5, 5.41) is 3.94. The van der Waals surface area contributed by atoms with Gasteiger partial charge in [0.1, 0.15) is 5.82 Å². The first-order valence-corrected chi connectivity index (χ1v) is 7.65. The molecule has 1 aliphatic rings. The van der Waals surface area contributed by atoms with Crippen LogP contribution in [-0.2, 0) is 13.1 Å². The van der Waals surface area contributed by atoms with Gasteiger partial charge >= 0.3 is 0 Å². The van der Waals surface area contributed by atoms with E-state index in [0.717, 1.165) is 37.9 Å². The van der Waals surface area contributed by atoms with Crippen LogP contribution in [0, 0.1) is 0 Å². The Kier molecular flexibility index (Phi) is 4.68. The van der Waals surface area contributed by atoms with E-state index in [4.69, 9.17) is 10.3 Å². The molecule has 0 unspecified atom stereocenters. The SMILES string of the molecule is CN(C)c1nccc(N2CCN(Cc3noc(CN)n3)CC2)n1. The van der Waals surface area contributed by atoms with Crippen molar-refractivity contribution >= 4 is 11.8 Å². The maximum absolute atomic E-state index is 5.48. The fraction of sp³-hybridized carbons (Fsp3) is 0.571. The first-order valence-electron chi connectivity index (χ1n) is 7.65. The monoisotopic (exact) mass is 318 g/mol. The highest BCUT2D eigenvalue weighted by Crippen LogP contribution is 2.16.